The number of benzene rings is 3. The molecule has 3 aromatic carbocycles. The Morgan fingerprint density at radius 2 is 1.74 bits per heavy atom. The smallest absolute Gasteiger partial charge is 0.339 e. The van der Waals surface area contributed by atoms with E-state index in [1.807, 2.05) is 66.7 Å². The molecule has 1 atom stereocenters. The van der Waals surface area contributed by atoms with Crippen LogP contribution in [0.4, 0.5) is 0 Å². The van der Waals surface area contributed by atoms with Crippen molar-refractivity contribution in [1.82, 2.24) is 9.97 Å². The average Bonchev–Trinajstić information content (AvgIpc) is 3.32. The molecule has 2 heterocycles. The van der Waals surface area contributed by atoms with Crippen molar-refractivity contribution in [3.63, 3.8) is 0 Å². The summed E-state index contributed by atoms with van der Waals surface area (Å²) in [6.07, 6.45) is 0. The Labute approximate surface area is 205 Å². The fourth-order valence-corrected chi connectivity index (χ4v) is 4.86. The zero-order chi connectivity index (χ0) is 24.4. The van der Waals surface area contributed by atoms with Gasteiger partial charge in [0.25, 0.3) is 0 Å². The number of nitriles is 1. The molecule has 0 fully saturated rings. The standard InChI is InChI=1S/C28H19N3O3S/c1-17-16-35-27(30-17)23(14-29)26(32)15-34-28(33)22-13-25(31-24-12-5-4-10-21(22)24)20-11-6-8-18-7-2-3-9-19(18)20/h2-13,16,23H,15H2,1H3. The number of nitrogens with zero attached hydrogens (tertiary/aromatic N) is 3. The number of hydrogen-bond acceptors (Lipinski definition) is 7. The molecule has 35 heavy (non-hydrogen) atoms. The van der Waals surface area contributed by atoms with E-state index >= 15 is 0 Å². The summed E-state index contributed by atoms with van der Waals surface area (Å²) in [5.41, 5.74) is 3.21. The first-order chi connectivity index (χ1) is 17.0. The number of hydrogen-bond donors (Lipinski definition) is 0. The number of pyridine rings is 1. The Morgan fingerprint density at radius 3 is 2.51 bits per heavy atom. The molecule has 0 radical (unpaired) electrons. The van der Waals surface area contributed by atoms with Gasteiger partial charge in [-0.2, -0.15) is 5.26 Å². The molecule has 0 aliphatic heterocycles. The lowest BCUT2D eigenvalue weighted by atomic mass is 9.99. The molecule has 0 N–H and O–H groups in total. The molecule has 0 bridgehead atoms. The maximum absolute atomic E-state index is 13.2. The second-order valence-corrected chi connectivity index (χ2v) is 8.92. The van der Waals surface area contributed by atoms with Crippen LogP contribution in [0.5, 0.6) is 0 Å². The van der Waals surface area contributed by atoms with Gasteiger partial charge in [-0.15, -0.1) is 11.3 Å². The lowest BCUT2D eigenvalue weighted by Crippen LogP contribution is -2.20. The number of carbonyl (C=O) groups excluding carboxylic acids is 2. The van der Waals surface area contributed by atoms with E-state index in [9.17, 15) is 14.9 Å². The highest BCUT2D eigenvalue weighted by Crippen LogP contribution is 2.31. The number of para-hydroxylation sites is 1. The van der Waals surface area contributed by atoms with Gasteiger partial charge < -0.3 is 4.74 Å². The highest BCUT2D eigenvalue weighted by Gasteiger charge is 2.25. The zero-order valence-corrected chi connectivity index (χ0v) is 19.6. The first-order valence-electron chi connectivity index (χ1n) is 10.9. The van der Waals surface area contributed by atoms with Crippen LogP contribution in [0.25, 0.3) is 32.9 Å². The molecule has 0 spiro atoms. The number of carbonyl (C=O) groups is 2. The highest BCUT2D eigenvalue weighted by atomic mass is 32.1. The summed E-state index contributed by atoms with van der Waals surface area (Å²) in [4.78, 5) is 34.9. The van der Waals surface area contributed by atoms with E-state index in [2.05, 4.69) is 4.98 Å². The molecule has 170 valence electrons. The predicted molar refractivity (Wildman–Crippen MR) is 135 cm³/mol. The number of fused-ring (bicyclic) bond motifs is 2. The average molecular weight is 478 g/mol. The first-order valence-corrected chi connectivity index (χ1v) is 11.8. The van der Waals surface area contributed by atoms with E-state index in [-0.39, 0.29) is 0 Å². The van der Waals surface area contributed by atoms with Gasteiger partial charge in [0.1, 0.15) is 5.01 Å². The molecule has 0 amide bonds. The minimum Gasteiger partial charge on any atom is -0.454 e. The number of rotatable bonds is 6. The van der Waals surface area contributed by atoms with E-state index in [1.165, 1.54) is 11.3 Å². The van der Waals surface area contributed by atoms with Crippen LogP contribution in [0.15, 0.2) is 78.2 Å². The number of aromatic nitrogens is 2. The van der Waals surface area contributed by atoms with Crippen molar-refractivity contribution in [3.8, 4) is 17.3 Å². The fourth-order valence-electron chi connectivity index (χ4n) is 4.00. The molecule has 6 nitrogen and oxygen atoms in total. The Morgan fingerprint density at radius 1 is 1.00 bits per heavy atom. The zero-order valence-electron chi connectivity index (χ0n) is 18.8. The second kappa shape index (κ2) is 9.45. The Bertz CT molecular complexity index is 1630. The third-order valence-corrected chi connectivity index (χ3v) is 6.71. The van der Waals surface area contributed by atoms with E-state index in [0.29, 0.717) is 27.2 Å². The number of ether oxygens (including phenoxy) is 1. The molecule has 0 aliphatic carbocycles. The summed E-state index contributed by atoms with van der Waals surface area (Å²) in [5.74, 6) is -2.23. The summed E-state index contributed by atoms with van der Waals surface area (Å²) in [7, 11) is 0. The number of Topliss-reactive ketones (excluding diaryl/α,β-unsaturated/α-hetero) is 1. The van der Waals surface area contributed by atoms with Gasteiger partial charge in [-0.1, -0.05) is 60.7 Å². The number of esters is 1. The van der Waals surface area contributed by atoms with Crippen molar-refractivity contribution < 1.29 is 14.3 Å². The van der Waals surface area contributed by atoms with Crippen LogP contribution in [0.3, 0.4) is 0 Å². The van der Waals surface area contributed by atoms with Gasteiger partial charge in [0.15, 0.2) is 18.3 Å². The third kappa shape index (κ3) is 4.39. The van der Waals surface area contributed by atoms with Gasteiger partial charge in [-0.3, -0.25) is 4.79 Å². The molecular weight excluding hydrogens is 458 g/mol. The van der Waals surface area contributed by atoms with E-state index in [0.717, 1.165) is 22.0 Å². The van der Waals surface area contributed by atoms with E-state index in [1.54, 1.807) is 24.4 Å². The third-order valence-electron chi connectivity index (χ3n) is 5.68. The minimum atomic E-state index is -1.07. The molecule has 5 aromatic rings. The van der Waals surface area contributed by atoms with Crippen LogP contribution < -0.4 is 0 Å². The summed E-state index contributed by atoms with van der Waals surface area (Å²) in [6, 6.07) is 24.9. The van der Waals surface area contributed by atoms with Crippen molar-refractivity contribution in [3.05, 3.63) is 94.4 Å². The van der Waals surface area contributed by atoms with Crippen LogP contribution in [-0.4, -0.2) is 28.3 Å². The van der Waals surface area contributed by atoms with Gasteiger partial charge in [-0.25, -0.2) is 14.8 Å². The number of ketones is 1. The van der Waals surface area contributed by atoms with E-state index < -0.39 is 24.3 Å². The SMILES string of the molecule is Cc1csc(C(C#N)C(=O)COC(=O)c2cc(-c3cccc4ccccc34)nc3ccccc23)n1. The van der Waals surface area contributed by atoms with Crippen molar-refractivity contribution >= 4 is 44.8 Å². The normalized spacial score (nSPS) is 11.8. The van der Waals surface area contributed by atoms with Crippen molar-refractivity contribution in [1.29, 1.82) is 5.26 Å². The Kier molecular flexibility index (Phi) is 6.04. The van der Waals surface area contributed by atoms with Crippen LogP contribution in [0.2, 0.25) is 0 Å². The van der Waals surface area contributed by atoms with Crippen molar-refractivity contribution in [2.45, 2.75) is 12.8 Å². The second-order valence-electron chi connectivity index (χ2n) is 8.03. The van der Waals surface area contributed by atoms with Crippen LogP contribution in [-0.2, 0) is 9.53 Å². The van der Waals surface area contributed by atoms with E-state index in [4.69, 9.17) is 9.72 Å². The predicted octanol–water partition coefficient (Wildman–Crippen LogP) is 5.85. The van der Waals surface area contributed by atoms with Gasteiger partial charge in [-0.05, 0) is 29.8 Å². The molecule has 5 rings (SSSR count). The largest absolute Gasteiger partial charge is 0.454 e. The molecule has 0 aliphatic rings. The first kappa shape index (κ1) is 22.4. The van der Waals surface area contributed by atoms with Gasteiger partial charge >= 0.3 is 5.97 Å². The summed E-state index contributed by atoms with van der Waals surface area (Å²) >= 11 is 1.24. The van der Waals surface area contributed by atoms with Crippen LogP contribution >= 0.6 is 11.3 Å². The maximum atomic E-state index is 13.2. The maximum Gasteiger partial charge on any atom is 0.339 e. The summed E-state index contributed by atoms with van der Waals surface area (Å²) in [5, 5.41) is 14.4. The lowest BCUT2D eigenvalue weighted by molar-refractivity contribution is -0.122. The number of thiazole rings is 1. The molecule has 1 unspecified atom stereocenters. The van der Waals surface area contributed by atoms with Gasteiger partial charge in [0, 0.05) is 22.0 Å². The Hall–Kier alpha value is -4.41. The quantitative estimate of drug-likeness (QED) is 0.285. The van der Waals surface area contributed by atoms with Crippen molar-refractivity contribution in [2.75, 3.05) is 6.61 Å². The molecular formula is C28H19N3O3S. The lowest BCUT2D eigenvalue weighted by Gasteiger charge is -2.12. The highest BCUT2D eigenvalue weighted by molar-refractivity contribution is 7.09. The molecule has 0 saturated heterocycles. The number of aryl methyl sites for hydroxylation is 1. The topological polar surface area (TPSA) is 92.9 Å². The van der Waals surface area contributed by atoms with Crippen molar-refractivity contribution in [2.24, 2.45) is 0 Å². The minimum absolute atomic E-state index is 0.310. The van der Waals surface area contributed by atoms with Gasteiger partial charge in [0.05, 0.1) is 22.8 Å². The summed E-state index contributed by atoms with van der Waals surface area (Å²) < 4.78 is 5.40. The monoisotopic (exact) mass is 477 g/mol. The fraction of sp³-hybridized carbons (Fsp3) is 0.107. The molecule has 0 saturated carbocycles. The van der Waals surface area contributed by atoms with Crippen LogP contribution in [0, 0.1) is 18.3 Å². The van der Waals surface area contributed by atoms with Crippen LogP contribution in [0.1, 0.15) is 27.0 Å². The molecule has 7 heteroatoms. The Balaban J connectivity index is 1.48. The molecule has 2 aromatic heterocycles. The van der Waals surface area contributed by atoms with Gasteiger partial charge in [0.2, 0.25) is 0 Å². The summed E-state index contributed by atoms with van der Waals surface area (Å²) in [6.45, 7) is 1.27.